The van der Waals surface area contributed by atoms with Gasteiger partial charge in [0.15, 0.2) is 0 Å². The van der Waals surface area contributed by atoms with Gasteiger partial charge in [-0.2, -0.15) is 0 Å². The lowest BCUT2D eigenvalue weighted by Crippen LogP contribution is -2.31. The first-order valence-corrected chi connectivity index (χ1v) is 7.26. The first-order chi connectivity index (χ1) is 11.2. The summed E-state index contributed by atoms with van der Waals surface area (Å²) in [5.41, 5.74) is 1.42. The molecule has 3 nitrogen and oxygen atoms in total. The maximum absolute atomic E-state index is 13.1. The molecule has 0 fully saturated rings. The number of anilines is 1. The second-order valence-electron chi connectivity index (χ2n) is 5.07. The van der Waals surface area contributed by atoms with Crippen LogP contribution < -0.4 is 4.90 Å². The minimum absolute atomic E-state index is 0.215. The van der Waals surface area contributed by atoms with Gasteiger partial charge in [-0.3, -0.25) is 9.69 Å². The van der Waals surface area contributed by atoms with Gasteiger partial charge in [0.05, 0.1) is 6.54 Å². The van der Waals surface area contributed by atoms with Crippen molar-refractivity contribution in [1.82, 2.24) is 4.98 Å². The first-order valence-electron chi connectivity index (χ1n) is 7.26. The van der Waals surface area contributed by atoms with Gasteiger partial charge in [-0.25, -0.2) is 9.37 Å². The Balaban J connectivity index is 1.94. The Bertz CT molecular complexity index is 773. The van der Waals surface area contributed by atoms with Gasteiger partial charge in [0.1, 0.15) is 11.6 Å². The van der Waals surface area contributed by atoms with E-state index in [2.05, 4.69) is 4.98 Å². The Morgan fingerprint density at radius 1 is 0.913 bits per heavy atom. The van der Waals surface area contributed by atoms with Gasteiger partial charge in [0.25, 0.3) is 5.91 Å². The SMILES string of the molecule is O=C(c1ccc(F)cc1)N(Cc1ccccc1)c1ccccn1. The predicted octanol–water partition coefficient (Wildman–Crippen LogP) is 4.07. The van der Waals surface area contributed by atoms with Crippen LogP contribution in [0.3, 0.4) is 0 Å². The van der Waals surface area contributed by atoms with Crippen molar-refractivity contribution in [1.29, 1.82) is 0 Å². The van der Waals surface area contributed by atoms with E-state index < -0.39 is 0 Å². The highest BCUT2D eigenvalue weighted by atomic mass is 19.1. The minimum atomic E-state index is -0.367. The van der Waals surface area contributed by atoms with E-state index in [-0.39, 0.29) is 11.7 Å². The van der Waals surface area contributed by atoms with E-state index in [1.54, 1.807) is 23.2 Å². The topological polar surface area (TPSA) is 33.2 Å². The lowest BCUT2D eigenvalue weighted by molar-refractivity contribution is 0.0984. The molecule has 23 heavy (non-hydrogen) atoms. The average molecular weight is 306 g/mol. The highest BCUT2D eigenvalue weighted by Crippen LogP contribution is 2.18. The largest absolute Gasteiger partial charge is 0.288 e. The fourth-order valence-corrected chi connectivity index (χ4v) is 2.28. The third-order valence-corrected chi connectivity index (χ3v) is 3.45. The zero-order valence-corrected chi connectivity index (χ0v) is 12.4. The summed E-state index contributed by atoms with van der Waals surface area (Å²) in [6, 6.07) is 20.6. The molecule has 3 rings (SSSR count). The standard InChI is InChI=1S/C19H15FN2O/c20-17-11-9-16(10-12-17)19(23)22(18-8-4-5-13-21-18)14-15-6-2-1-3-7-15/h1-13H,14H2. The summed E-state index contributed by atoms with van der Waals surface area (Å²) in [4.78, 5) is 18.7. The number of carbonyl (C=O) groups is 1. The molecule has 0 unspecified atom stereocenters. The smallest absolute Gasteiger partial charge is 0.259 e. The first kappa shape index (κ1) is 14.9. The van der Waals surface area contributed by atoms with Gasteiger partial charge in [-0.1, -0.05) is 36.4 Å². The molecule has 1 aromatic heterocycles. The highest BCUT2D eigenvalue weighted by Gasteiger charge is 2.19. The van der Waals surface area contributed by atoms with Crippen molar-refractivity contribution in [3.8, 4) is 0 Å². The normalized spacial score (nSPS) is 10.3. The molecule has 0 radical (unpaired) electrons. The van der Waals surface area contributed by atoms with Gasteiger partial charge in [-0.05, 0) is 42.0 Å². The molecule has 0 aliphatic carbocycles. The van der Waals surface area contributed by atoms with E-state index >= 15 is 0 Å². The average Bonchev–Trinajstić information content (AvgIpc) is 2.61. The number of hydrogen-bond acceptors (Lipinski definition) is 2. The number of rotatable bonds is 4. The number of aromatic nitrogens is 1. The summed E-state index contributed by atoms with van der Waals surface area (Å²) in [6.45, 7) is 0.397. The number of pyridine rings is 1. The van der Waals surface area contributed by atoms with Gasteiger partial charge in [0, 0.05) is 11.8 Å². The van der Waals surface area contributed by atoms with Gasteiger partial charge < -0.3 is 0 Å². The summed E-state index contributed by atoms with van der Waals surface area (Å²) in [5, 5.41) is 0. The van der Waals surface area contributed by atoms with Crippen LogP contribution in [0.5, 0.6) is 0 Å². The zero-order valence-electron chi connectivity index (χ0n) is 12.4. The van der Waals surface area contributed by atoms with Crippen LogP contribution in [0.1, 0.15) is 15.9 Å². The highest BCUT2D eigenvalue weighted by molar-refractivity contribution is 6.05. The predicted molar refractivity (Wildman–Crippen MR) is 87.6 cm³/mol. The van der Waals surface area contributed by atoms with Crippen LogP contribution in [-0.4, -0.2) is 10.9 Å². The number of amides is 1. The third-order valence-electron chi connectivity index (χ3n) is 3.45. The Kier molecular flexibility index (Phi) is 4.43. The van der Waals surface area contributed by atoms with Crippen LogP contribution >= 0.6 is 0 Å². The van der Waals surface area contributed by atoms with E-state index in [0.717, 1.165) is 5.56 Å². The van der Waals surface area contributed by atoms with Crippen molar-refractivity contribution in [3.63, 3.8) is 0 Å². The molecule has 4 heteroatoms. The molecule has 0 atom stereocenters. The molecule has 0 aliphatic rings. The molecule has 2 aromatic carbocycles. The van der Waals surface area contributed by atoms with Crippen molar-refractivity contribution in [2.24, 2.45) is 0 Å². The molecular formula is C19H15FN2O. The molecule has 0 N–H and O–H groups in total. The van der Waals surface area contributed by atoms with Crippen LogP contribution in [0.15, 0.2) is 79.0 Å². The van der Waals surface area contributed by atoms with E-state index in [4.69, 9.17) is 0 Å². The summed E-state index contributed by atoms with van der Waals surface area (Å²) in [5.74, 6) is -0.0211. The fourth-order valence-electron chi connectivity index (χ4n) is 2.28. The molecule has 0 saturated carbocycles. The van der Waals surface area contributed by atoms with Crippen molar-refractivity contribution in [3.05, 3.63) is 95.9 Å². The van der Waals surface area contributed by atoms with Gasteiger partial charge in [0.2, 0.25) is 0 Å². The van der Waals surface area contributed by atoms with Crippen LogP contribution in [0.2, 0.25) is 0 Å². The summed E-state index contributed by atoms with van der Waals surface area (Å²) < 4.78 is 13.1. The summed E-state index contributed by atoms with van der Waals surface area (Å²) in [7, 11) is 0. The quantitative estimate of drug-likeness (QED) is 0.728. The van der Waals surface area contributed by atoms with Crippen LogP contribution in [0, 0.1) is 5.82 Å². The molecular weight excluding hydrogens is 291 g/mol. The monoisotopic (exact) mass is 306 g/mol. The van der Waals surface area contributed by atoms with E-state index in [0.29, 0.717) is 17.9 Å². The Labute approximate surface area is 134 Å². The number of halogens is 1. The Morgan fingerprint density at radius 3 is 2.26 bits per heavy atom. The number of carbonyl (C=O) groups excluding carboxylic acids is 1. The van der Waals surface area contributed by atoms with Crippen LogP contribution in [0.25, 0.3) is 0 Å². The van der Waals surface area contributed by atoms with E-state index in [9.17, 15) is 9.18 Å². The van der Waals surface area contributed by atoms with Crippen molar-refractivity contribution in [2.75, 3.05) is 4.90 Å². The molecule has 114 valence electrons. The minimum Gasteiger partial charge on any atom is -0.288 e. The molecule has 3 aromatic rings. The van der Waals surface area contributed by atoms with Crippen molar-refractivity contribution in [2.45, 2.75) is 6.54 Å². The second kappa shape index (κ2) is 6.83. The van der Waals surface area contributed by atoms with E-state index in [1.165, 1.54) is 24.3 Å². The fraction of sp³-hybridized carbons (Fsp3) is 0.0526. The second-order valence-corrected chi connectivity index (χ2v) is 5.07. The van der Waals surface area contributed by atoms with Gasteiger partial charge >= 0.3 is 0 Å². The van der Waals surface area contributed by atoms with Crippen molar-refractivity contribution >= 4 is 11.7 Å². The molecule has 1 amide bonds. The summed E-state index contributed by atoms with van der Waals surface area (Å²) in [6.07, 6.45) is 1.64. The number of benzene rings is 2. The molecule has 0 saturated heterocycles. The molecule has 0 spiro atoms. The van der Waals surface area contributed by atoms with Crippen LogP contribution in [-0.2, 0) is 6.54 Å². The lowest BCUT2D eigenvalue weighted by atomic mass is 10.1. The maximum Gasteiger partial charge on any atom is 0.259 e. The molecule has 0 bridgehead atoms. The Hall–Kier alpha value is -3.01. The zero-order chi connectivity index (χ0) is 16.1. The Morgan fingerprint density at radius 2 is 1.61 bits per heavy atom. The van der Waals surface area contributed by atoms with E-state index in [1.807, 2.05) is 36.4 Å². The number of nitrogens with zero attached hydrogens (tertiary/aromatic N) is 2. The lowest BCUT2D eigenvalue weighted by Gasteiger charge is -2.22. The van der Waals surface area contributed by atoms with Gasteiger partial charge in [-0.15, -0.1) is 0 Å². The van der Waals surface area contributed by atoms with Crippen molar-refractivity contribution < 1.29 is 9.18 Å². The maximum atomic E-state index is 13.1. The molecule has 0 aliphatic heterocycles. The number of hydrogen-bond donors (Lipinski definition) is 0. The molecule has 1 heterocycles. The summed E-state index contributed by atoms with van der Waals surface area (Å²) >= 11 is 0. The van der Waals surface area contributed by atoms with Crippen LogP contribution in [0.4, 0.5) is 10.2 Å². The third kappa shape index (κ3) is 3.61.